The zero-order valence-corrected chi connectivity index (χ0v) is 19.2. The van der Waals surface area contributed by atoms with Gasteiger partial charge in [-0.15, -0.1) is 0 Å². The zero-order valence-electron chi connectivity index (χ0n) is 18.4. The van der Waals surface area contributed by atoms with Gasteiger partial charge in [-0.05, 0) is 67.9 Å². The van der Waals surface area contributed by atoms with Crippen molar-refractivity contribution in [3.8, 4) is 0 Å². The van der Waals surface area contributed by atoms with Gasteiger partial charge in [0, 0.05) is 43.7 Å². The van der Waals surface area contributed by atoms with Gasteiger partial charge in [0.2, 0.25) is 5.91 Å². The molecule has 2 aromatic rings. The summed E-state index contributed by atoms with van der Waals surface area (Å²) in [6.07, 6.45) is 6.27. The van der Waals surface area contributed by atoms with E-state index in [1.54, 1.807) is 24.3 Å². The van der Waals surface area contributed by atoms with Gasteiger partial charge in [-0.2, -0.15) is 0 Å². The Morgan fingerprint density at radius 3 is 2.76 bits per heavy atom. The fraction of sp³-hybridized carbons (Fsp3) is 0.440. The van der Waals surface area contributed by atoms with Crippen molar-refractivity contribution < 1.29 is 23.5 Å². The number of rotatable bonds is 11. The summed E-state index contributed by atoms with van der Waals surface area (Å²) in [5, 5.41) is 2.83. The van der Waals surface area contributed by atoms with E-state index in [0.29, 0.717) is 56.2 Å². The molecule has 1 aromatic carbocycles. The average molecular weight is 475 g/mol. The summed E-state index contributed by atoms with van der Waals surface area (Å²) < 4.78 is 18.6. The third-order valence-electron chi connectivity index (χ3n) is 5.90. The molecule has 0 saturated carbocycles. The molecule has 3 rings (SSSR count). The first-order valence-electron chi connectivity index (χ1n) is 11.2. The largest absolute Gasteiger partial charge is 0.381 e. The molecular formula is C25H28ClFN2O4. The molecule has 0 spiro atoms. The molecule has 1 aliphatic rings. The number of carbonyl (C=O) groups excluding carboxylic acids is 3. The molecule has 1 N–H and O–H groups in total. The van der Waals surface area contributed by atoms with Crippen LogP contribution in [-0.4, -0.2) is 36.2 Å². The van der Waals surface area contributed by atoms with Crippen LogP contribution in [0.15, 0.2) is 36.5 Å². The number of benzene rings is 1. The van der Waals surface area contributed by atoms with Gasteiger partial charge >= 0.3 is 0 Å². The first kappa shape index (κ1) is 25.0. The third kappa shape index (κ3) is 7.72. The molecule has 1 saturated heterocycles. The quantitative estimate of drug-likeness (QED) is 0.364. The molecule has 1 aromatic heterocycles. The lowest BCUT2D eigenvalue weighted by Crippen LogP contribution is -2.28. The number of aryl methyl sites for hydroxylation is 1. The van der Waals surface area contributed by atoms with Crippen LogP contribution in [-0.2, 0) is 20.7 Å². The fourth-order valence-electron chi connectivity index (χ4n) is 4.00. The number of carbonyl (C=O) groups is 3. The number of hydrogen-bond donors (Lipinski definition) is 1. The van der Waals surface area contributed by atoms with E-state index in [1.807, 2.05) is 0 Å². The number of nitrogens with zero attached hydrogens (tertiary/aromatic N) is 1. The molecule has 8 heteroatoms. The summed E-state index contributed by atoms with van der Waals surface area (Å²) >= 11 is 5.80. The van der Waals surface area contributed by atoms with E-state index in [2.05, 4.69) is 10.3 Å². The molecule has 6 nitrogen and oxygen atoms in total. The van der Waals surface area contributed by atoms with Crippen LogP contribution in [0.25, 0.3) is 0 Å². The Labute approximate surface area is 197 Å². The van der Waals surface area contributed by atoms with Crippen LogP contribution in [0, 0.1) is 17.7 Å². The van der Waals surface area contributed by atoms with Crippen LogP contribution in [0.5, 0.6) is 0 Å². The van der Waals surface area contributed by atoms with Crippen LogP contribution in [0.4, 0.5) is 10.2 Å². The van der Waals surface area contributed by atoms with Gasteiger partial charge < -0.3 is 14.8 Å². The lowest BCUT2D eigenvalue weighted by molar-refractivity contribution is -0.123. The maximum Gasteiger partial charge on any atom is 0.229 e. The second-order valence-electron chi connectivity index (χ2n) is 8.33. The molecule has 0 aliphatic carbocycles. The van der Waals surface area contributed by atoms with Gasteiger partial charge in [0.05, 0.1) is 5.02 Å². The molecule has 1 unspecified atom stereocenters. The number of anilines is 1. The minimum atomic E-state index is -0.467. The maximum atomic E-state index is 13.3. The molecule has 2 heterocycles. The molecule has 1 atom stereocenters. The smallest absolute Gasteiger partial charge is 0.229 e. The van der Waals surface area contributed by atoms with Crippen LogP contribution < -0.4 is 5.32 Å². The first-order valence-corrected chi connectivity index (χ1v) is 11.6. The van der Waals surface area contributed by atoms with E-state index in [0.717, 1.165) is 24.7 Å². The summed E-state index contributed by atoms with van der Waals surface area (Å²) in [6, 6.07) is 7.70. The standard InChI is InChI=1S/C25H28ClFN2O4/c26-21-15-17(4-5-22(21)27)2-1-3-23(31)19-6-10-28-24(16-19)29-25(32)20(7-11-30)14-18-8-12-33-13-9-18/h4-6,10-11,15-16,18,20H,1-3,7-9,12-14H2,(H,28,29,32). The number of Topliss-reactive ketones (excluding diaryl/α,β-unsaturated/α-hetero) is 1. The van der Waals surface area contributed by atoms with Crippen molar-refractivity contribution in [2.45, 2.75) is 44.9 Å². The SMILES string of the molecule is O=CCC(CC1CCOCC1)C(=O)Nc1cc(C(=O)CCCc2ccc(F)c(Cl)c2)ccn1. The van der Waals surface area contributed by atoms with E-state index >= 15 is 0 Å². The normalized spacial score (nSPS) is 15.1. The number of nitrogens with one attached hydrogen (secondary N) is 1. The Hall–Kier alpha value is -2.64. The minimum Gasteiger partial charge on any atom is -0.381 e. The number of aromatic nitrogens is 1. The van der Waals surface area contributed by atoms with Crippen molar-refractivity contribution in [2.75, 3.05) is 18.5 Å². The Bertz CT molecular complexity index is 979. The van der Waals surface area contributed by atoms with Crippen molar-refractivity contribution in [1.82, 2.24) is 4.98 Å². The van der Waals surface area contributed by atoms with Gasteiger partial charge in [0.25, 0.3) is 0 Å². The predicted octanol–water partition coefficient (Wildman–Crippen LogP) is 5.04. The van der Waals surface area contributed by atoms with Gasteiger partial charge in [-0.25, -0.2) is 9.37 Å². The lowest BCUT2D eigenvalue weighted by Gasteiger charge is -2.25. The number of aldehydes is 1. The summed E-state index contributed by atoms with van der Waals surface area (Å²) in [7, 11) is 0. The van der Waals surface area contributed by atoms with Crippen molar-refractivity contribution in [3.05, 3.63) is 58.5 Å². The van der Waals surface area contributed by atoms with Crippen molar-refractivity contribution in [3.63, 3.8) is 0 Å². The fourth-order valence-corrected chi connectivity index (χ4v) is 4.21. The Morgan fingerprint density at radius 1 is 1.24 bits per heavy atom. The summed E-state index contributed by atoms with van der Waals surface area (Å²) in [4.78, 5) is 40.6. The van der Waals surface area contributed by atoms with Gasteiger partial charge in [-0.1, -0.05) is 17.7 Å². The Kier molecular flexibility index (Phi) is 9.51. The molecular weight excluding hydrogens is 447 g/mol. The monoisotopic (exact) mass is 474 g/mol. The minimum absolute atomic E-state index is 0.0676. The van der Waals surface area contributed by atoms with Gasteiger partial charge in [-0.3, -0.25) is 9.59 Å². The second-order valence-corrected chi connectivity index (χ2v) is 8.74. The van der Waals surface area contributed by atoms with Crippen molar-refractivity contribution in [2.24, 2.45) is 11.8 Å². The number of amides is 1. The van der Waals surface area contributed by atoms with E-state index in [1.165, 1.54) is 12.3 Å². The van der Waals surface area contributed by atoms with Gasteiger partial charge in [0.15, 0.2) is 5.78 Å². The topological polar surface area (TPSA) is 85.4 Å². The predicted molar refractivity (Wildman–Crippen MR) is 124 cm³/mol. The molecule has 0 radical (unpaired) electrons. The molecule has 1 aliphatic heterocycles. The average Bonchev–Trinajstić information content (AvgIpc) is 2.82. The second kappa shape index (κ2) is 12.6. The highest BCUT2D eigenvalue weighted by atomic mass is 35.5. The molecule has 1 fully saturated rings. The number of halogens is 2. The Morgan fingerprint density at radius 2 is 2.03 bits per heavy atom. The number of ether oxygens (including phenoxy) is 1. The van der Waals surface area contributed by atoms with Crippen LogP contribution in [0.3, 0.4) is 0 Å². The zero-order chi connectivity index (χ0) is 23.6. The van der Waals surface area contributed by atoms with Crippen LogP contribution in [0.1, 0.15) is 54.4 Å². The van der Waals surface area contributed by atoms with Gasteiger partial charge in [0.1, 0.15) is 17.9 Å². The van der Waals surface area contributed by atoms with Crippen LogP contribution in [0.2, 0.25) is 5.02 Å². The first-order chi connectivity index (χ1) is 16.0. The summed E-state index contributed by atoms with van der Waals surface area (Å²) in [5.41, 5.74) is 1.32. The van der Waals surface area contributed by atoms with Crippen LogP contribution >= 0.6 is 11.6 Å². The van der Waals surface area contributed by atoms with E-state index in [4.69, 9.17) is 16.3 Å². The molecule has 0 bridgehead atoms. The van der Waals surface area contributed by atoms with Crippen molar-refractivity contribution in [1.29, 1.82) is 0 Å². The van der Waals surface area contributed by atoms with Crippen molar-refractivity contribution >= 4 is 35.4 Å². The molecule has 1 amide bonds. The maximum absolute atomic E-state index is 13.3. The Balaban J connectivity index is 1.54. The third-order valence-corrected chi connectivity index (χ3v) is 6.19. The lowest BCUT2D eigenvalue weighted by atomic mass is 9.87. The van der Waals surface area contributed by atoms with E-state index in [9.17, 15) is 18.8 Å². The number of hydrogen-bond acceptors (Lipinski definition) is 5. The number of ketones is 1. The highest BCUT2D eigenvalue weighted by Crippen LogP contribution is 2.25. The summed E-state index contributed by atoms with van der Waals surface area (Å²) in [6.45, 7) is 1.36. The summed E-state index contributed by atoms with van der Waals surface area (Å²) in [5.74, 6) is -0.600. The highest BCUT2D eigenvalue weighted by molar-refractivity contribution is 6.30. The number of pyridine rings is 1. The van der Waals surface area contributed by atoms with E-state index in [-0.39, 0.29) is 23.1 Å². The molecule has 176 valence electrons. The highest BCUT2D eigenvalue weighted by Gasteiger charge is 2.25. The molecule has 33 heavy (non-hydrogen) atoms. The van der Waals surface area contributed by atoms with E-state index < -0.39 is 11.7 Å².